The summed E-state index contributed by atoms with van der Waals surface area (Å²) in [5.74, 6) is 2.27. The van der Waals surface area contributed by atoms with E-state index in [2.05, 4.69) is 40.8 Å². The van der Waals surface area contributed by atoms with E-state index in [1.807, 2.05) is 11.8 Å². The molecule has 0 spiro atoms. The number of sulfonamides is 1. The summed E-state index contributed by atoms with van der Waals surface area (Å²) in [5.41, 5.74) is 2.65. The van der Waals surface area contributed by atoms with E-state index in [0.29, 0.717) is 12.6 Å². The SMILES string of the molecule is Cc1ccc([C@@H]2CSCCN2CCCNS(C)(=O)=O)cc1. The number of thioether (sulfide) groups is 1. The van der Waals surface area contributed by atoms with Gasteiger partial charge in [0.2, 0.25) is 10.0 Å². The van der Waals surface area contributed by atoms with E-state index < -0.39 is 10.0 Å². The summed E-state index contributed by atoms with van der Waals surface area (Å²) < 4.78 is 24.7. The van der Waals surface area contributed by atoms with E-state index in [4.69, 9.17) is 0 Å². The average molecular weight is 329 g/mol. The molecular weight excluding hydrogens is 304 g/mol. The number of nitrogens with one attached hydrogen (secondary N) is 1. The molecule has 1 aliphatic rings. The summed E-state index contributed by atoms with van der Waals surface area (Å²) in [6.45, 7) is 4.63. The van der Waals surface area contributed by atoms with E-state index >= 15 is 0 Å². The minimum absolute atomic E-state index is 0.447. The largest absolute Gasteiger partial charge is 0.295 e. The van der Waals surface area contributed by atoms with E-state index in [9.17, 15) is 8.42 Å². The van der Waals surface area contributed by atoms with Crippen LogP contribution in [0, 0.1) is 6.92 Å². The van der Waals surface area contributed by atoms with Gasteiger partial charge >= 0.3 is 0 Å². The summed E-state index contributed by atoms with van der Waals surface area (Å²) in [6, 6.07) is 9.21. The van der Waals surface area contributed by atoms with Gasteiger partial charge < -0.3 is 0 Å². The second-order valence-electron chi connectivity index (χ2n) is 5.56. The van der Waals surface area contributed by atoms with Gasteiger partial charge in [-0.1, -0.05) is 29.8 Å². The summed E-state index contributed by atoms with van der Waals surface area (Å²) >= 11 is 2.00. The molecule has 6 heteroatoms. The van der Waals surface area contributed by atoms with Crippen LogP contribution in [-0.2, 0) is 10.0 Å². The first-order valence-electron chi connectivity index (χ1n) is 7.29. The van der Waals surface area contributed by atoms with Crippen molar-refractivity contribution in [2.24, 2.45) is 0 Å². The van der Waals surface area contributed by atoms with E-state index in [-0.39, 0.29) is 0 Å². The van der Waals surface area contributed by atoms with Crippen molar-refractivity contribution in [2.75, 3.05) is 37.4 Å². The van der Waals surface area contributed by atoms with Gasteiger partial charge in [-0.2, -0.15) is 11.8 Å². The third kappa shape index (κ3) is 5.62. The van der Waals surface area contributed by atoms with Crippen LogP contribution < -0.4 is 4.72 Å². The molecule has 1 heterocycles. The number of benzene rings is 1. The number of nitrogens with zero attached hydrogens (tertiary/aromatic N) is 1. The minimum Gasteiger partial charge on any atom is -0.295 e. The van der Waals surface area contributed by atoms with Crippen molar-refractivity contribution in [1.82, 2.24) is 9.62 Å². The Morgan fingerprint density at radius 3 is 2.71 bits per heavy atom. The van der Waals surface area contributed by atoms with Crippen molar-refractivity contribution >= 4 is 21.8 Å². The summed E-state index contributed by atoms with van der Waals surface area (Å²) in [7, 11) is -3.07. The predicted octanol–water partition coefficient (Wildman–Crippen LogP) is 2.02. The Labute approximate surface area is 132 Å². The minimum atomic E-state index is -3.07. The second kappa shape index (κ2) is 7.63. The molecular formula is C15H24N2O2S2. The van der Waals surface area contributed by atoms with Crippen LogP contribution in [-0.4, -0.2) is 50.7 Å². The fourth-order valence-electron chi connectivity index (χ4n) is 2.54. The zero-order valence-corrected chi connectivity index (χ0v) is 14.3. The van der Waals surface area contributed by atoms with Gasteiger partial charge in [0.15, 0.2) is 0 Å². The Bertz CT molecular complexity index is 543. The molecule has 1 aromatic carbocycles. The molecule has 0 bridgehead atoms. The molecule has 1 aromatic rings. The quantitative estimate of drug-likeness (QED) is 0.812. The molecule has 21 heavy (non-hydrogen) atoms. The van der Waals surface area contributed by atoms with Crippen LogP contribution in [0.1, 0.15) is 23.6 Å². The van der Waals surface area contributed by atoms with Gasteiger partial charge in [0.25, 0.3) is 0 Å². The summed E-state index contributed by atoms with van der Waals surface area (Å²) in [5, 5.41) is 0. The van der Waals surface area contributed by atoms with Gasteiger partial charge in [0.1, 0.15) is 0 Å². The van der Waals surface area contributed by atoms with Crippen molar-refractivity contribution in [1.29, 1.82) is 0 Å². The third-order valence-corrected chi connectivity index (χ3v) is 5.44. The Morgan fingerprint density at radius 1 is 1.33 bits per heavy atom. The molecule has 1 N–H and O–H groups in total. The zero-order valence-electron chi connectivity index (χ0n) is 12.7. The fourth-order valence-corrected chi connectivity index (χ4v) is 4.21. The fraction of sp³-hybridized carbons (Fsp3) is 0.600. The smallest absolute Gasteiger partial charge is 0.208 e. The second-order valence-corrected chi connectivity index (χ2v) is 8.54. The van der Waals surface area contributed by atoms with Crippen LogP contribution in [0.25, 0.3) is 0 Å². The summed E-state index contributed by atoms with van der Waals surface area (Å²) in [4.78, 5) is 2.48. The molecule has 0 unspecified atom stereocenters. The first-order chi connectivity index (χ1) is 9.96. The molecule has 0 amide bonds. The molecule has 1 saturated heterocycles. The van der Waals surface area contributed by atoms with E-state index in [0.717, 1.165) is 31.0 Å². The molecule has 0 radical (unpaired) electrons. The Balaban J connectivity index is 1.91. The van der Waals surface area contributed by atoms with Crippen molar-refractivity contribution in [3.8, 4) is 0 Å². The van der Waals surface area contributed by atoms with Crippen molar-refractivity contribution in [2.45, 2.75) is 19.4 Å². The molecule has 1 atom stereocenters. The van der Waals surface area contributed by atoms with Crippen LogP contribution >= 0.6 is 11.8 Å². The highest BCUT2D eigenvalue weighted by Crippen LogP contribution is 2.29. The highest BCUT2D eigenvalue weighted by Gasteiger charge is 2.23. The lowest BCUT2D eigenvalue weighted by Gasteiger charge is -2.35. The van der Waals surface area contributed by atoms with E-state index in [1.165, 1.54) is 17.4 Å². The van der Waals surface area contributed by atoms with Gasteiger partial charge in [0.05, 0.1) is 6.26 Å². The van der Waals surface area contributed by atoms with Gasteiger partial charge in [-0.05, 0) is 18.9 Å². The molecule has 0 saturated carbocycles. The van der Waals surface area contributed by atoms with Gasteiger partial charge in [0, 0.05) is 37.2 Å². The standard InChI is InChI=1S/C15H24N2O2S2/c1-13-4-6-14(7-5-13)15-12-20-11-10-17(15)9-3-8-16-21(2,18)19/h4-7,15-16H,3,8-12H2,1-2H3/t15-/m0/s1. The Morgan fingerprint density at radius 2 is 2.05 bits per heavy atom. The first kappa shape index (κ1) is 16.8. The van der Waals surface area contributed by atoms with Crippen LogP contribution in [0.4, 0.5) is 0 Å². The Kier molecular flexibility index (Phi) is 6.10. The maximum atomic E-state index is 11.1. The number of hydrogen-bond donors (Lipinski definition) is 1. The van der Waals surface area contributed by atoms with Crippen LogP contribution in [0.15, 0.2) is 24.3 Å². The molecule has 2 rings (SSSR count). The first-order valence-corrected chi connectivity index (χ1v) is 10.3. The summed E-state index contributed by atoms with van der Waals surface area (Å²) in [6.07, 6.45) is 2.06. The zero-order chi connectivity index (χ0) is 15.3. The van der Waals surface area contributed by atoms with Crippen molar-refractivity contribution < 1.29 is 8.42 Å². The molecule has 1 aliphatic heterocycles. The number of hydrogen-bond acceptors (Lipinski definition) is 4. The number of rotatable bonds is 6. The maximum absolute atomic E-state index is 11.1. The van der Waals surface area contributed by atoms with E-state index in [1.54, 1.807) is 0 Å². The van der Waals surface area contributed by atoms with Gasteiger partial charge in [-0.3, -0.25) is 4.90 Å². The average Bonchev–Trinajstić information content (AvgIpc) is 2.44. The van der Waals surface area contributed by atoms with Crippen LogP contribution in [0.5, 0.6) is 0 Å². The molecule has 0 aromatic heterocycles. The van der Waals surface area contributed by atoms with Crippen LogP contribution in [0.2, 0.25) is 0 Å². The normalized spacial score (nSPS) is 20.6. The predicted molar refractivity (Wildman–Crippen MR) is 90.3 cm³/mol. The molecule has 118 valence electrons. The van der Waals surface area contributed by atoms with Crippen molar-refractivity contribution in [3.05, 3.63) is 35.4 Å². The lowest BCUT2D eigenvalue weighted by Crippen LogP contribution is -2.38. The van der Waals surface area contributed by atoms with Gasteiger partial charge in [-0.15, -0.1) is 0 Å². The highest BCUT2D eigenvalue weighted by atomic mass is 32.2. The maximum Gasteiger partial charge on any atom is 0.208 e. The molecule has 4 nitrogen and oxygen atoms in total. The highest BCUT2D eigenvalue weighted by molar-refractivity contribution is 7.99. The Hall–Kier alpha value is -0.560. The monoisotopic (exact) mass is 328 g/mol. The molecule has 0 aliphatic carbocycles. The van der Waals surface area contributed by atoms with Gasteiger partial charge in [-0.25, -0.2) is 13.1 Å². The van der Waals surface area contributed by atoms with Crippen molar-refractivity contribution in [3.63, 3.8) is 0 Å². The topological polar surface area (TPSA) is 49.4 Å². The lowest BCUT2D eigenvalue weighted by molar-refractivity contribution is 0.219. The molecule has 1 fully saturated rings. The third-order valence-electron chi connectivity index (χ3n) is 3.69. The van der Waals surface area contributed by atoms with Crippen LogP contribution in [0.3, 0.4) is 0 Å². The lowest BCUT2D eigenvalue weighted by atomic mass is 10.0. The number of aryl methyl sites for hydroxylation is 1.